The van der Waals surface area contributed by atoms with Crippen molar-refractivity contribution in [3.63, 3.8) is 0 Å². The van der Waals surface area contributed by atoms with Crippen LogP contribution in [0, 0.1) is 11.8 Å². The Bertz CT molecular complexity index is 195. The predicted octanol–water partition coefficient (Wildman–Crippen LogP) is 0.677. The van der Waals surface area contributed by atoms with Gasteiger partial charge in [-0.1, -0.05) is 0 Å². The van der Waals surface area contributed by atoms with Gasteiger partial charge >= 0.3 is 5.97 Å². The van der Waals surface area contributed by atoms with Gasteiger partial charge in [-0.2, -0.15) is 0 Å². The topological polar surface area (TPSA) is 52.3 Å². The third-order valence-corrected chi connectivity index (χ3v) is 3.04. The largest absolute Gasteiger partial charge is 0.468 e. The monoisotopic (exact) mass is 169 g/mol. The van der Waals surface area contributed by atoms with Crippen molar-refractivity contribution in [2.24, 2.45) is 17.6 Å². The maximum absolute atomic E-state index is 11.4. The number of carbonyl (C=O) groups is 1. The van der Waals surface area contributed by atoms with Crippen molar-refractivity contribution in [3.05, 3.63) is 0 Å². The van der Waals surface area contributed by atoms with Crippen molar-refractivity contribution < 1.29 is 9.53 Å². The number of carbonyl (C=O) groups excluding carboxylic acids is 1. The standard InChI is InChI=1S/C9H15NO2/c1-12-8(11)9(10,6-2-3-6)7-4-5-7/h6-7H,2-5,10H2,1H3. The molecule has 2 aliphatic carbocycles. The molecule has 0 amide bonds. The first-order valence-electron chi connectivity index (χ1n) is 4.57. The Balaban J connectivity index is 2.13. The van der Waals surface area contributed by atoms with Crippen molar-refractivity contribution in [2.45, 2.75) is 31.2 Å². The SMILES string of the molecule is COC(=O)C(N)(C1CC1)C1CC1. The summed E-state index contributed by atoms with van der Waals surface area (Å²) in [5.41, 5.74) is 5.46. The molecule has 0 spiro atoms. The molecule has 2 rings (SSSR count). The average Bonchev–Trinajstić information content (AvgIpc) is 2.91. The molecule has 0 bridgehead atoms. The van der Waals surface area contributed by atoms with Gasteiger partial charge in [-0.3, -0.25) is 4.79 Å². The number of ether oxygens (including phenoxy) is 1. The Kier molecular flexibility index (Phi) is 1.65. The third-order valence-electron chi connectivity index (χ3n) is 3.04. The molecule has 0 heterocycles. The molecule has 0 unspecified atom stereocenters. The van der Waals surface area contributed by atoms with Crippen LogP contribution in [0.1, 0.15) is 25.7 Å². The van der Waals surface area contributed by atoms with Gasteiger partial charge in [-0.05, 0) is 37.5 Å². The van der Waals surface area contributed by atoms with Gasteiger partial charge in [-0.25, -0.2) is 0 Å². The second-order valence-electron chi connectivity index (χ2n) is 3.97. The highest BCUT2D eigenvalue weighted by molar-refractivity contribution is 5.82. The van der Waals surface area contributed by atoms with Gasteiger partial charge in [0.1, 0.15) is 5.54 Å². The summed E-state index contributed by atoms with van der Waals surface area (Å²) in [4.78, 5) is 11.4. The van der Waals surface area contributed by atoms with Crippen molar-refractivity contribution in [3.8, 4) is 0 Å². The zero-order valence-electron chi connectivity index (χ0n) is 7.38. The molecule has 0 aromatic carbocycles. The van der Waals surface area contributed by atoms with Gasteiger partial charge in [0.25, 0.3) is 0 Å². The van der Waals surface area contributed by atoms with Gasteiger partial charge in [-0.15, -0.1) is 0 Å². The lowest BCUT2D eigenvalue weighted by molar-refractivity contribution is -0.149. The first-order chi connectivity index (χ1) is 5.69. The predicted molar refractivity (Wildman–Crippen MR) is 44.4 cm³/mol. The number of hydrogen-bond acceptors (Lipinski definition) is 3. The molecule has 0 aliphatic heterocycles. The minimum Gasteiger partial charge on any atom is -0.468 e. The Hall–Kier alpha value is -0.570. The summed E-state index contributed by atoms with van der Waals surface area (Å²) in [5, 5.41) is 0. The van der Waals surface area contributed by atoms with Crippen LogP contribution in [0.25, 0.3) is 0 Å². The van der Waals surface area contributed by atoms with Gasteiger partial charge in [0.2, 0.25) is 0 Å². The Morgan fingerprint density at radius 3 is 2.00 bits per heavy atom. The Labute approximate surface area is 72.3 Å². The summed E-state index contributed by atoms with van der Waals surface area (Å²) in [6.07, 6.45) is 4.40. The van der Waals surface area contributed by atoms with Crippen LogP contribution in [0.15, 0.2) is 0 Å². The molecule has 3 nitrogen and oxygen atoms in total. The van der Waals surface area contributed by atoms with E-state index in [1.54, 1.807) is 0 Å². The molecule has 0 atom stereocenters. The fourth-order valence-electron chi connectivity index (χ4n) is 1.97. The van der Waals surface area contributed by atoms with Crippen LogP contribution in [-0.2, 0) is 9.53 Å². The van der Waals surface area contributed by atoms with E-state index in [9.17, 15) is 4.79 Å². The highest BCUT2D eigenvalue weighted by atomic mass is 16.5. The number of esters is 1. The van der Waals surface area contributed by atoms with Crippen molar-refractivity contribution in [2.75, 3.05) is 7.11 Å². The Morgan fingerprint density at radius 1 is 1.33 bits per heavy atom. The van der Waals surface area contributed by atoms with E-state index < -0.39 is 5.54 Å². The molecule has 0 radical (unpaired) electrons. The fourth-order valence-corrected chi connectivity index (χ4v) is 1.97. The molecule has 2 fully saturated rings. The van der Waals surface area contributed by atoms with Crippen LogP contribution in [0.3, 0.4) is 0 Å². The van der Waals surface area contributed by atoms with Gasteiger partial charge < -0.3 is 10.5 Å². The Morgan fingerprint density at radius 2 is 1.75 bits per heavy atom. The second kappa shape index (κ2) is 2.46. The van der Waals surface area contributed by atoms with E-state index in [0.717, 1.165) is 25.7 Å². The number of rotatable bonds is 3. The van der Waals surface area contributed by atoms with Gasteiger partial charge in [0.15, 0.2) is 0 Å². The second-order valence-corrected chi connectivity index (χ2v) is 3.97. The molecule has 12 heavy (non-hydrogen) atoms. The summed E-state index contributed by atoms with van der Waals surface area (Å²) in [6.45, 7) is 0. The number of methoxy groups -OCH3 is 1. The van der Waals surface area contributed by atoms with Crippen LogP contribution in [0.2, 0.25) is 0 Å². The molecule has 3 heteroatoms. The maximum Gasteiger partial charge on any atom is 0.326 e. The number of hydrogen-bond donors (Lipinski definition) is 1. The summed E-state index contributed by atoms with van der Waals surface area (Å²) in [7, 11) is 1.43. The number of nitrogens with two attached hydrogens (primary N) is 1. The lowest BCUT2D eigenvalue weighted by Crippen LogP contribution is -2.52. The van der Waals surface area contributed by atoms with E-state index in [4.69, 9.17) is 10.5 Å². The van der Waals surface area contributed by atoms with Gasteiger partial charge in [0, 0.05) is 0 Å². The highest BCUT2D eigenvalue weighted by Gasteiger charge is 2.57. The average molecular weight is 169 g/mol. The van der Waals surface area contributed by atoms with E-state index in [-0.39, 0.29) is 5.97 Å². The first-order valence-corrected chi connectivity index (χ1v) is 4.57. The lowest BCUT2D eigenvalue weighted by Gasteiger charge is -2.25. The lowest BCUT2D eigenvalue weighted by atomic mass is 9.89. The normalized spacial score (nSPS) is 23.8. The summed E-state index contributed by atoms with van der Waals surface area (Å²) < 4.78 is 4.75. The molecule has 0 aromatic rings. The smallest absolute Gasteiger partial charge is 0.326 e. The van der Waals surface area contributed by atoms with E-state index in [1.165, 1.54) is 7.11 Å². The summed E-state index contributed by atoms with van der Waals surface area (Å²) in [6, 6.07) is 0. The minimum absolute atomic E-state index is 0.201. The van der Waals surface area contributed by atoms with Crippen LogP contribution in [0.5, 0.6) is 0 Å². The maximum atomic E-state index is 11.4. The molecular formula is C9H15NO2. The highest BCUT2D eigenvalue weighted by Crippen LogP contribution is 2.51. The quantitative estimate of drug-likeness (QED) is 0.632. The van der Waals surface area contributed by atoms with Crippen LogP contribution in [-0.4, -0.2) is 18.6 Å². The zero-order chi connectivity index (χ0) is 8.77. The van der Waals surface area contributed by atoms with Crippen LogP contribution < -0.4 is 5.73 Å². The zero-order valence-corrected chi connectivity index (χ0v) is 7.38. The molecular weight excluding hydrogens is 154 g/mol. The summed E-state index contributed by atoms with van der Waals surface area (Å²) >= 11 is 0. The molecule has 2 aliphatic rings. The van der Waals surface area contributed by atoms with E-state index >= 15 is 0 Å². The molecule has 0 aromatic heterocycles. The molecule has 2 N–H and O–H groups in total. The third kappa shape index (κ3) is 1.04. The van der Waals surface area contributed by atoms with E-state index in [2.05, 4.69) is 0 Å². The summed E-state index contributed by atoms with van der Waals surface area (Å²) in [5.74, 6) is 0.599. The van der Waals surface area contributed by atoms with Crippen molar-refractivity contribution >= 4 is 5.97 Å². The van der Waals surface area contributed by atoms with Crippen LogP contribution >= 0.6 is 0 Å². The van der Waals surface area contributed by atoms with Crippen LogP contribution in [0.4, 0.5) is 0 Å². The van der Waals surface area contributed by atoms with Gasteiger partial charge in [0.05, 0.1) is 7.11 Å². The fraction of sp³-hybridized carbons (Fsp3) is 0.889. The van der Waals surface area contributed by atoms with Crippen molar-refractivity contribution in [1.82, 2.24) is 0 Å². The first kappa shape index (κ1) is 8.05. The molecule has 2 saturated carbocycles. The van der Waals surface area contributed by atoms with E-state index in [0.29, 0.717) is 11.8 Å². The molecule has 68 valence electrons. The minimum atomic E-state index is -0.630. The molecule has 0 saturated heterocycles. The van der Waals surface area contributed by atoms with Crippen molar-refractivity contribution in [1.29, 1.82) is 0 Å². The van der Waals surface area contributed by atoms with E-state index in [1.807, 2.05) is 0 Å².